The Morgan fingerprint density at radius 3 is 2.67 bits per heavy atom. The molecule has 0 heterocycles. The first-order chi connectivity index (χ1) is 5.58. The molecule has 1 fully saturated rings. The van der Waals surface area contributed by atoms with Gasteiger partial charge in [0, 0.05) is 5.92 Å². The lowest BCUT2D eigenvalue weighted by Crippen LogP contribution is -2.39. The topological polar surface area (TPSA) is 49.3 Å². The van der Waals surface area contributed by atoms with Crippen molar-refractivity contribution in [2.45, 2.75) is 39.5 Å². The maximum atomic E-state index is 11.2. The summed E-state index contributed by atoms with van der Waals surface area (Å²) >= 11 is 0. The molecule has 2 N–H and O–H groups in total. The molecule has 1 saturated carbocycles. The third-order valence-electron chi connectivity index (χ3n) is 2.93. The lowest BCUT2D eigenvalue weighted by atomic mass is 9.68. The zero-order valence-electron chi connectivity index (χ0n) is 7.76. The Morgan fingerprint density at radius 1 is 1.50 bits per heavy atom. The average Bonchev–Trinajstić information content (AvgIpc) is 2.02. The summed E-state index contributed by atoms with van der Waals surface area (Å²) in [5, 5.41) is 8.52. The minimum Gasteiger partial charge on any atom is -0.289 e. The minimum atomic E-state index is -0.222. The van der Waals surface area contributed by atoms with Crippen LogP contribution in [0.3, 0.4) is 0 Å². The predicted octanol–water partition coefficient (Wildman–Crippen LogP) is 1.71. The molecule has 0 spiro atoms. The van der Waals surface area contributed by atoms with Gasteiger partial charge in [-0.15, -0.1) is 0 Å². The summed E-state index contributed by atoms with van der Waals surface area (Å²) in [5.74, 6) is -0.240. The molecule has 0 radical (unpaired) electrons. The fourth-order valence-corrected chi connectivity index (χ4v) is 2.06. The largest absolute Gasteiger partial charge is 0.289 e. The van der Waals surface area contributed by atoms with Crippen LogP contribution in [-0.4, -0.2) is 11.1 Å². The van der Waals surface area contributed by atoms with Gasteiger partial charge in [-0.05, 0) is 18.3 Å². The molecule has 1 unspecified atom stereocenters. The number of carbonyl (C=O) groups excluding carboxylic acids is 1. The van der Waals surface area contributed by atoms with Crippen LogP contribution in [0.5, 0.6) is 0 Å². The molecular weight excluding hydrogens is 154 g/mol. The molecule has 0 bridgehead atoms. The molecule has 1 rings (SSSR count). The first-order valence-corrected chi connectivity index (χ1v) is 4.52. The predicted molar refractivity (Wildman–Crippen MR) is 45.7 cm³/mol. The van der Waals surface area contributed by atoms with Gasteiger partial charge < -0.3 is 0 Å². The van der Waals surface area contributed by atoms with Crippen molar-refractivity contribution in [3.05, 3.63) is 0 Å². The molecule has 0 aromatic carbocycles. The SMILES string of the molecule is CC1(C)CCCCC1C(=O)NO. The van der Waals surface area contributed by atoms with Gasteiger partial charge in [-0.25, -0.2) is 5.48 Å². The van der Waals surface area contributed by atoms with Crippen molar-refractivity contribution in [1.29, 1.82) is 0 Å². The van der Waals surface area contributed by atoms with Crippen LogP contribution in [0.1, 0.15) is 39.5 Å². The summed E-state index contributed by atoms with van der Waals surface area (Å²) in [7, 11) is 0. The van der Waals surface area contributed by atoms with E-state index in [1.807, 2.05) is 0 Å². The van der Waals surface area contributed by atoms with E-state index in [4.69, 9.17) is 5.21 Å². The zero-order valence-corrected chi connectivity index (χ0v) is 7.76. The molecule has 0 aliphatic heterocycles. The molecule has 1 atom stereocenters. The van der Waals surface area contributed by atoms with Crippen LogP contribution in [0.4, 0.5) is 0 Å². The van der Waals surface area contributed by atoms with E-state index in [-0.39, 0.29) is 17.2 Å². The molecule has 3 heteroatoms. The van der Waals surface area contributed by atoms with Crippen molar-refractivity contribution in [3.63, 3.8) is 0 Å². The van der Waals surface area contributed by atoms with Crippen molar-refractivity contribution < 1.29 is 10.0 Å². The third-order valence-corrected chi connectivity index (χ3v) is 2.93. The Balaban J connectivity index is 2.66. The fraction of sp³-hybridized carbons (Fsp3) is 0.889. The van der Waals surface area contributed by atoms with Crippen LogP contribution in [0.2, 0.25) is 0 Å². The number of nitrogens with one attached hydrogen (secondary N) is 1. The highest BCUT2D eigenvalue weighted by molar-refractivity contribution is 5.78. The highest BCUT2D eigenvalue weighted by Gasteiger charge is 2.36. The molecule has 0 aromatic rings. The Labute approximate surface area is 73.1 Å². The van der Waals surface area contributed by atoms with E-state index in [1.165, 1.54) is 6.42 Å². The van der Waals surface area contributed by atoms with Crippen LogP contribution >= 0.6 is 0 Å². The van der Waals surface area contributed by atoms with Crippen LogP contribution < -0.4 is 5.48 Å². The van der Waals surface area contributed by atoms with Gasteiger partial charge in [0.2, 0.25) is 5.91 Å². The molecular formula is C9H17NO2. The van der Waals surface area contributed by atoms with Crippen LogP contribution in [0, 0.1) is 11.3 Å². The van der Waals surface area contributed by atoms with E-state index >= 15 is 0 Å². The maximum Gasteiger partial charge on any atom is 0.246 e. The second kappa shape index (κ2) is 3.44. The zero-order chi connectivity index (χ0) is 9.19. The average molecular weight is 171 g/mol. The minimum absolute atomic E-state index is 0.0174. The first kappa shape index (κ1) is 9.52. The van der Waals surface area contributed by atoms with Gasteiger partial charge in [-0.1, -0.05) is 26.7 Å². The molecule has 0 aromatic heterocycles. The van der Waals surface area contributed by atoms with E-state index in [2.05, 4.69) is 13.8 Å². The van der Waals surface area contributed by atoms with Gasteiger partial charge in [0.25, 0.3) is 0 Å². The van der Waals surface area contributed by atoms with Gasteiger partial charge in [-0.2, -0.15) is 0 Å². The maximum absolute atomic E-state index is 11.2. The molecule has 1 aliphatic carbocycles. The second-order valence-corrected chi connectivity index (χ2v) is 4.26. The Hall–Kier alpha value is -0.570. The molecule has 1 amide bonds. The van der Waals surface area contributed by atoms with Crippen molar-refractivity contribution in [2.75, 3.05) is 0 Å². The van der Waals surface area contributed by atoms with E-state index in [1.54, 1.807) is 5.48 Å². The lowest BCUT2D eigenvalue weighted by molar-refractivity contribution is -0.138. The van der Waals surface area contributed by atoms with Gasteiger partial charge in [0.1, 0.15) is 0 Å². The van der Waals surface area contributed by atoms with Crippen molar-refractivity contribution in [1.82, 2.24) is 5.48 Å². The molecule has 1 aliphatic rings. The number of amides is 1. The second-order valence-electron chi connectivity index (χ2n) is 4.26. The summed E-state index contributed by atoms with van der Waals surface area (Å²) in [6.07, 6.45) is 4.27. The number of hydroxylamine groups is 1. The van der Waals surface area contributed by atoms with Crippen molar-refractivity contribution in [3.8, 4) is 0 Å². The number of carbonyl (C=O) groups is 1. The molecule has 70 valence electrons. The van der Waals surface area contributed by atoms with Gasteiger partial charge in [0.15, 0.2) is 0 Å². The summed E-state index contributed by atoms with van der Waals surface area (Å²) in [6, 6.07) is 0. The van der Waals surface area contributed by atoms with E-state index < -0.39 is 0 Å². The Kier molecular flexibility index (Phi) is 2.73. The first-order valence-electron chi connectivity index (χ1n) is 4.52. The van der Waals surface area contributed by atoms with Crippen LogP contribution in [0.25, 0.3) is 0 Å². The summed E-state index contributed by atoms with van der Waals surface area (Å²) in [5.41, 5.74) is 1.80. The third kappa shape index (κ3) is 1.78. The fourth-order valence-electron chi connectivity index (χ4n) is 2.06. The molecule has 12 heavy (non-hydrogen) atoms. The van der Waals surface area contributed by atoms with Gasteiger partial charge in [0.05, 0.1) is 0 Å². The Morgan fingerprint density at radius 2 is 2.17 bits per heavy atom. The number of rotatable bonds is 1. The van der Waals surface area contributed by atoms with E-state index in [0.29, 0.717) is 0 Å². The standard InChI is InChI=1S/C9H17NO2/c1-9(2)6-4-3-5-7(9)8(11)10-12/h7,12H,3-6H2,1-2H3,(H,10,11). The normalized spacial score (nSPS) is 28.1. The van der Waals surface area contributed by atoms with Crippen LogP contribution in [0.15, 0.2) is 0 Å². The number of hydrogen-bond acceptors (Lipinski definition) is 2. The quantitative estimate of drug-likeness (QED) is 0.466. The van der Waals surface area contributed by atoms with Crippen molar-refractivity contribution in [2.24, 2.45) is 11.3 Å². The highest BCUT2D eigenvalue weighted by Crippen LogP contribution is 2.40. The molecule has 3 nitrogen and oxygen atoms in total. The summed E-state index contributed by atoms with van der Waals surface area (Å²) < 4.78 is 0. The highest BCUT2D eigenvalue weighted by atomic mass is 16.5. The van der Waals surface area contributed by atoms with E-state index in [9.17, 15) is 4.79 Å². The van der Waals surface area contributed by atoms with Crippen LogP contribution in [-0.2, 0) is 4.79 Å². The lowest BCUT2D eigenvalue weighted by Gasteiger charge is -2.36. The van der Waals surface area contributed by atoms with E-state index in [0.717, 1.165) is 19.3 Å². The number of hydrogen-bond donors (Lipinski definition) is 2. The van der Waals surface area contributed by atoms with Crippen molar-refractivity contribution >= 4 is 5.91 Å². The monoisotopic (exact) mass is 171 g/mol. The molecule has 0 saturated heterocycles. The Bertz CT molecular complexity index is 177. The smallest absolute Gasteiger partial charge is 0.246 e. The summed E-state index contributed by atoms with van der Waals surface area (Å²) in [4.78, 5) is 11.2. The van der Waals surface area contributed by atoms with Gasteiger partial charge in [-0.3, -0.25) is 10.0 Å². The van der Waals surface area contributed by atoms with Gasteiger partial charge >= 0.3 is 0 Å². The summed E-state index contributed by atoms with van der Waals surface area (Å²) in [6.45, 7) is 4.18.